The summed E-state index contributed by atoms with van der Waals surface area (Å²) in [5.74, 6) is 0. The van der Waals surface area contributed by atoms with Crippen LogP contribution in [-0.2, 0) is 5.41 Å². The summed E-state index contributed by atoms with van der Waals surface area (Å²) in [5, 5.41) is 10.8. The average molecular weight is 508 g/mol. The number of benzene rings is 7. The zero-order chi connectivity index (χ0) is 26.3. The van der Waals surface area contributed by atoms with Crippen molar-refractivity contribution >= 4 is 59.6 Å². The fourth-order valence-corrected chi connectivity index (χ4v) is 8.08. The lowest BCUT2D eigenvalue weighted by molar-refractivity contribution is 0.660. The van der Waals surface area contributed by atoms with E-state index in [1.807, 2.05) is 0 Å². The van der Waals surface area contributed by atoms with Crippen LogP contribution in [0.1, 0.15) is 25.0 Å². The van der Waals surface area contributed by atoms with E-state index in [1.54, 1.807) is 0 Å². The van der Waals surface area contributed by atoms with Crippen molar-refractivity contribution < 1.29 is 0 Å². The van der Waals surface area contributed by atoms with Gasteiger partial charge in [-0.1, -0.05) is 105 Å². The van der Waals surface area contributed by atoms with Crippen LogP contribution in [0.15, 0.2) is 115 Å². The van der Waals surface area contributed by atoms with Gasteiger partial charge in [-0.2, -0.15) is 0 Å². The van der Waals surface area contributed by atoms with Crippen LogP contribution in [0.25, 0.3) is 81.9 Å². The van der Waals surface area contributed by atoms with Crippen molar-refractivity contribution in [1.29, 1.82) is 0 Å². The fraction of sp³-hybridized carbons (Fsp3) is 0.0769. The largest absolute Gasteiger partial charge is 0.308 e. The third-order valence-electron chi connectivity index (χ3n) is 9.89. The number of nitrogens with zero attached hydrogens (tertiary/aromatic N) is 1. The van der Waals surface area contributed by atoms with Crippen molar-refractivity contribution in [3.63, 3.8) is 0 Å². The second-order valence-electron chi connectivity index (χ2n) is 12.1. The number of fused-ring (bicyclic) bond motifs is 10. The van der Waals surface area contributed by atoms with Crippen LogP contribution in [-0.4, -0.2) is 4.40 Å². The van der Waals surface area contributed by atoms with E-state index < -0.39 is 0 Å². The molecule has 1 nitrogen and oxygen atoms in total. The SMILES string of the molecule is CC1(C)c2ccccc2-c2cc(-c3ccc4c(c3)c3ccc5c6ccccc6c6cccc7c6c5c3n47)ccc21. The number of rotatable bonds is 1. The maximum atomic E-state index is 2.51. The average Bonchev–Trinajstić information content (AvgIpc) is 3.60. The summed E-state index contributed by atoms with van der Waals surface area (Å²) in [7, 11) is 0. The van der Waals surface area contributed by atoms with Gasteiger partial charge in [-0.25, -0.2) is 0 Å². The maximum absolute atomic E-state index is 2.51. The van der Waals surface area contributed by atoms with Crippen molar-refractivity contribution in [2.24, 2.45) is 0 Å². The molecule has 40 heavy (non-hydrogen) atoms. The molecule has 0 saturated carbocycles. The summed E-state index contributed by atoms with van der Waals surface area (Å²) >= 11 is 0. The van der Waals surface area contributed by atoms with Gasteiger partial charge >= 0.3 is 0 Å². The molecule has 0 N–H and O–H groups in total. The van der Waals surface area contributed by atoms with E-state index in [4.69, 9.17) is 0 Å². The molecule has 1 aliphatic rings. The first kappa shape index (κ1) is 21.0. The molecule has 9 aromatic rings. The minimum atomic E-state index is 0.0305. The van der Waals surface area contributed by atoms with Crippen LogP contribution in [0.4, 0.5) is 0 Å². The first-order chi connectivity index (χ1) is 19.6. The molecule has 2 heterocycles. The molecule has 0 amide bonds. The summed E-state index contributed by atoms with van der Waals surface area (Å²) in [6.07, 6.45) is 0. The zero-order valence-corrected chi connectivity index (χ0v) is 22.4. The normalized spacial score (nSPS) is 14.4. The molecule has 7 aromatic carbocycles. The summed E-state index contributed by atoms with van der Waals surface area (Å²) in [5.41, 5.74) is 12.1. The van der Waals surface area contributed by atoms with Gasteiger partial charge in [0, 0.05) is 27.0 Å². The first-order valence-corrected chi connectivity index (χ1v) is 14.2. The third kappa shape index (κ3) is 2.29. The predicted octanol–water partition coefficient (Wildman–Crippen LogP) is 10.6. The van der Waals surface area contributed by atoms with Gasteiger partial charge in [-0.15, -0.1) is 0 Å². The smallest absolute Gasteiger partial charge is 0.0626 e. The molecule has 0 unspecified atom stereocenters. The number of aromatic nitrogens is 1. The van der Waals surface area contributed by atoms with Gasteiger partial charge in [0.25, 0.3) is 0 Å². The Morgan fingerprint density at radius 1 is 0.450 bits per heavy atom. The lowest BCUT2D eigenvalue weighted by Gasteiger charge is -2.21. The highest BCUT2D eigenvalue weighted by Gasteiger charge is 2.35. The van der Waals surface area contributed by atoms with Gasteiger partial charge in [0.15, 0.2) is 0 Å². The second kappa shape index (κ2) is 6.81. The molecule has 10 rings (SSSR count). The van der Waals surface area contributed by atoms with Crippen LogP contribution in [0.5, 0.6) is 0 Å². The van der Waals surface area contributed by atoms with Crippen molar-refractivity contribution in [3.05, 3.63) is 126 Å². The molecule has 0 bridgehead atoms. The molecule has 0 spiro atoms. The standard InChI is InChI=1S/C39H25N/c1-39(2)32-12-6-5-10-26(32)30-20-22(14-18-33(30)39)23-15-19-34-31(21-23)29-17-16-28-25-9-4-3-8-24(25)27-11-7-13-35-36(27)37(28)38(29)40(34)35/h3-21H,1-2H3. The van der Waals surface area contributed by atoms with E-state index in [1.165, 1.54) is 93.0 Å². The van der Waals surface area contributed by atoms with E-state index in [0.29, 0.717) is 0 Å². The molecule has 0 atom stereocenters. The van der Waals surface area contributed by atoms with E-state index in [0.717, 1.165) is 0 Å². The molecular formula is C39H25N. The van der Waals surface area contributed by atoms with Crippen LogP contribution in [0, 0.1) is 0 Å². The minimum Gasteiger partial charge on any atom is -0.308 e. The van der Waals surface area contributed by atoms with Crippen molar-refractivity contribution in [2.45, 2.75) is 19.3 Å². The van der Waals surface area contributed by atoms with Gasteiger partial charge in [-0.05, 0) is 79.2 Å². The van der Waals surface area contributed by atoms with Gasteiger partial charge in [0.05, 0.1) is 16.6 Å². The molecule has 1 aliphatic carbocycles. The van der Waals surface area contributed by atoms with Crippen molar-refractivity contribution in [3.8, 4) is 22.3 Å². The Kier molecular flexibility index (Phi) is 3.58. The second-order valence-corrected chi connectivity index (χ2v) is 12.1. The maximum Gasteiger partial charge on any atom is 0.0626 e. The lowest BCUT2D eigenvalue weighted by Crippen LogP contribution is -2.14. The van der Waals surface area contributed by atoms with Crippen LogP contribution < -0.4 is 0 Å². The van der Waals surface area contributed by atoms with E-state index in [-0.39, 0.29) is 5.41 Å². The highest BCUT2D eigenvalue weighted by molar-refractivity contribution is 6.38. The molecule has 0 aliphatic heterocycles. The Morgan fingerprint density at radius 3 is 2.00 bits per heavy atom. The van der Waals surface area contributed by atoms with Crippen LogP contribution in [0.2, 0.25) is 0 Å². The van der Waals surface area contributed by atoms with Gasteiger partial charge in [0.1, 0.15) is 0 Å². The Labute approximate surface area is 231 Å². The van der Waals surface area contributed by atoms with Crippen molar-refractivity contribution in [2.75, 3.05) is 0 Å². The molecular weight excluding hydrogens is 482 g/mol. The Bertz CT molecular complexity index is 2500. The fourth-order valence-electron chi connectivity index (χ4n) is 8.08. The molecule has 0 radical (unpaired) electrons. The highest BCUT2D eigenvalue weighted by atomic mass is 14.9. The van der Waals surface area contributed by atoms with E-state index in [9.17, 15) is 0 Å². The summed E-state index contributed by atoms with van der Waals surface area (Å²) < 4.78 is 2.51. The predicted molar refractivity (Wildman–Crippen MR) is 170 cm³/mol. The zero-order valence-electron chi connectivity index (χ0n) is 22.4. The molecule has 186 valence electrons. The first-order valence-electron chi connectivity index (χ1n) is 14.2. The minimum absolute atomic E-state index is 0.0305. The number of hydrogen-bond donors (Lipinski definition) is 0. The summed E-state index contributed by atoms with van der Waals surface area (Å²) in [6.45, 7) is 4.69. The van der Waals surface area contributed by atoms with Crippen molar-refractivity contribution in [1.82, 2.24) is 4.40 Å². The molecule has 0 saturated heterocycles. The summed E-state index contributed by atoms with van der Waals surface area (Å²) in [6, 6.07) is 43.4. The van der Waals surface area contributed by atoms with E-state index in [2.05, 4.69) is 134 Å². The van der Waals surface area contributed by atoms with Gasteiger partial charge in [0.2, 0.25) is 0 Å². The van der Waals surface area contributed by atoms with Crippen LogP contribution in [0.3, 0.4) is 0 Å². The van der Waals surface area contributed by atoms with Gasteiger partial charge in [-0.3, -0.25) is 0 Å². The third-order valence-corrected chi connectivity index (χ3v) is 9.89. The monoisotopic (exact) mass is 507 g/mol. The number of hydrogen-bond acceptors (Lipinski definition) is 0. The lowest BCUT2D eigenvalue weighted by atomic mass is 9.82. The van der Waals surface area contributed by atoms with Crippen LogP contribution >= 0.6 is 0 Å². The quantitative estimate of drug-likeness (QED) is 0.195. The Morgan fingerprint density at radius 2 is 1.12 bits per heavy atom. The highest BCUT2D eigenvalue weighted by Crippen LogP contribution is 2.50. The molecule has 0 fully saturated rings. The van der Waals surface area contributed by atoms with E-state index >= 15 is 0 Å². The molecule has 2 aromatic heterocycles. The topological polar surface area (TPSA) is 4.41 Å². The Balaban J connectivity index is 1.28. The molecule has 1 heteroatoms. The van der Waals surface area contributed by atoms with Gasteiger partial charge < -0.3 is 4.40 Å². The Hall–Kier alpha value is -4.88. The summed E-state index contributed by atoms with van der Waals surface area (Å²) in [4.78, 5) is 0.